The molecule has 0 heterocycles. The Hall–Kier alpha value is -1.35. The van der Waals surface area contributed by atoms with Gasteiger partial charge in [0.25, 0.3) is 0 Å². The second-order valence-corrected chi connectivity index (χ2v) is 5.13. The largest absolute Gasteiger partial charge is 0.325 e. The zero-order chi connectivity index (χ0) is 12.5. The van der Waals surface area contributed by atoms with Crippen LogP contribution in [0.2, 0.25) is 0 Å². The number of para-hydroxylation sites is 1. The maximum absolute atomic E-state index is 12.2. The van der Waals surface area contributed by atoms with E-state index in [-0.39, 0.29) is 11.4 Å². The van der Waals surface area contributed by atoms with Crippen molar-refractivity contribution in [2.45, 2.75) is 38.1 Å². The summed E-state index contributed by atoms with van der Waals surface area (Å²) in [6, 6.07) is 7.92. The van der Waals surface area contributed by atoms with Gasteiger partial charge in [-0.05, 0) is 37.8 Å². The van der Waals surface area contributed by atoms with Crippen molar-refractivity contribution in [3.63, 3.8) is 0 Å². The van der Waals surface area contributed by atoms with Crippen LogP contribution in [0.4, 0.5) is 5.69 Å². The van der Waals surface area contributed by atoms with Gasteiger partial charge in [0.15, 0.2) is 0 Å². The minimum Gasteiger partial charge on any atom is -0.325 e. The quantitative estimate of drug-likeness (QED) is 0.868. The van der Waals surface area contributed by atoms with E-state index in [1.54, 1.807) is 4.90 Å². The molecule has 0 aliphatic heterocycles. The molecule has 1 aliphatic carbocycles. The number of nitrogens with zero attached hydrogens (tertiary/aromatic N) is 1. The summed E-state index contributed by atoms with van der Waals surface area (Å²) in [4.78, 5) is 13.9. The average Bonchev–Trinajstić information content (AvgIpc) is 2.26. The molecule has 0 spiro atoms. The van der Waals surface area contributed by atoms with Gasteiger partial charge in [0.1, 0.15) is 0 Å². The van der Waals surface area contributed by atoms with Crippen molar-refractivity contribution < 1.29 is 4.79 Å². The molecule has 0 bridgehead atoms. The standard InChI is InChI=1S/C14H20N2O/c1-11-6-3-4-7-12(11)16(2)13(17)10-14(15)8-5-9-14/h3-4,6-7H,5,8-10,15H2,1-2H3. The monoisotopic (exact) mass is 232 g/mol. The van der Waals surface area contributed by atoms with Gasteiger partial charge in [-0.2, -0.15) is 0 Å². The van der Waals surface area contributed by atoms with E-state index < -0.39 is 0 Å². The number of hydrogen-bond donors (Lipinski definition) is 1. The molecule has 0 aromatic heterocycles. The van der Waals surface area contributed by atoms with Crippen LogP contribution in [0.25, 0.3) is 0 Å². The maximum atomic E-state index is 12.2. The van der Waals surface area contributed by atoms with Crippen LogP contribution >= 0.6 is 0 Å². The van der Waals surface area contributed by atoms with E-state index in [1.165, 1.54) is 0 Å². The van der Waals surface area contributed by atoms with Crippen LogP contribution in [-0.2, 0) is 4.79 Å². The number of hydrogen-bond acceptors (Lipinski definition) is 2. The maximum Gasteiger partial charge on any atom is 0.228 e. The van der Waals surface area contributed by atoms with Gasteiger partial charge in [0, 0.05) is 24.7 Å². The Morgan fingerprint density at radius 1 is 1.41 bits per heavy atom. The number of rotatable bonds is 3. The molecular weight excluding hydrogens is 212 g/mol. The number of aryl methyl sites for hydroxylation is 1. The third-order valence-electron chi connectivity index (χ3n) is 3.70. The third-order valence-corrected chi connectivity index (χ3v) is 3.70. The lowest BCUT2D eigenvalue weighted by Gasteiger charge is -2.38. The summed E-state index contributed by atoms with van der Waals surface area (Å²) in [7, 11) is 1.83. The molecule has 3 nitrogen and oxygen atoms in total. The topological polar surface area (TPSA) is 46.3 Å². The van der Waals surface area contributed by atoms with E-state index >= 15 is 0 Å². The second-order valence-electron chi connectivity index (χ2n) is 5.13. The molecule has 1 fully saturated rings. The fourth-order valence-electron chi connectivity index (χ4n) is 2.30. The number of nitrogens with two attached hydrogens (primary N) is 1. The molecule has 1 aromatic rings. The molecule has 1 saturated carbocycles. The summed E-state index contributed by atoms with van der Waals surface area (Å²) in [6.07, 6.45) is 3.55. The van der Waals surface area contributed by atoms with Crippen LogP contribution in [0, 0.1) is 6.92 Å². The Bertz CT molecular complexity index is 424. The highest BCUT2D eigenvalue weighted by atomic mass is 16.2. The van der Waals surface area contributed by atoms with E-state index in [1.807, 2.05) is 38.2 Å². The predicted octanol–water partition coefficient (Wildman–Crippen LogP) is 2.23. The first-order valence-electron chi connectivity index (χ1n) is 6.13. The van der Waals surface area contributed by atoms with Gasteiger partial charge < -0.3 is 10.6 Å². The number of anilines is 1. The number of carbonyl (C=O) groups excluding carboxylic acids is 1. The summed E-state index contributed by atoms with van der Waals surface area (Å²) in [5.74, 6) is 0.113. The van der Waals surface area contributed by atoms with E-state index in [9.17, 15) is 4.79 Å². The zero-order valence-corrected chi connectivity index (χ0v) is 10.6. The predicted molar refractivity (Wildman–Crippen MR) is 70.0 cm³/mol. The highest BCUT2D eigenvalue weighted by molar-refractivity contribution is 5.94. The van der Waals surface area contributed by atoms with Crippen molar-refractivity contribution in [1.29, 1.82) is 0 Å². The summed E-state index contributed by atoms with van der Waals surface area (Å²) >= 11 is 0. The van der Waals surface area contributed by atoms with E-state index in [2.05, 4.69) is 0 Å². The molecule has 0 radical (unpaired) electrons. The summed E-state index contributed by atoms with van der Waals surface area (Å²) in [5, 5.41) is 0. The molecule has 0 unspecified atom stereocenters. The SMILES string of the molecule is Cc1ccccc1N(C)C(=O)CC1(N)CCC1. The van der Waals surface area contributed by atoms with Crippen LogP contribution in [0.15, 0.2) is 24.3 Å². The summed E-state index contributed by atoms with van der Waals surface area (Å²) in [5.41, 5.74) is 7.95. The molecule has 92 valence electrons. The smallest absolute Gasteiger partial charge is 0.228 e. The number of benzene rings is 1. The van der Waals surface area contributed by atoms with Gasteiger partial charge in [-0.25, -0.2) is 0 Å². The third kappa shape index (κ3) is 2.50. The van der Waals surface area contributed by atoms with Crippen LogP contribution < -0.4 is 10.6 Å². The first kappa shape index (κ1) is 12.1. The number of carbonyl (C=O) groups is 1. The molecule has 1 aromatic carbocycles. The Morgan fingerprint density at radius 2 is 2.06 bits per heavy atom. The highest BCUT2D eigenvalue weighted by Gasteiger charge is 2.35. The van der Waals surface area contributed by atoms with E-state index in [0.29, 0.717) is 6.42 Å². The lowest BCUT2D eigenvalue weighted by molar-refractivity contribution is -0.120. The lowest BCUT2D eigenvalue weighted by Crippen LogP contribution is -2.50. The van der Waals surface area contributed by atoms with E-state index in [4.69, 9.17) is 5.73 Å². The highest BCUT2D eigenvalue weighted by Crippen LogP contribution is 2.33. The molecule has 17 heavy (non-hydrogen) atoms. The van der Waals surface area contributed by atoms with Gasteiger partial charge in [-0.15, -0.1) is 0 Å². The summed E-state index contributed by atoms with van der Waals surface area (Å²) in [6.45, 7) is 2.01. The molecular formula is C14H20N2O. The number of amides is 1. The fourth-order valence-corrected chi connectivity index (χ4v) is 2.30. The second kappa shape index (κ2) is 4.49. The summed E-state index contributed by atoms with van der Waals surface area (Å²) < 4.78 is 0. The van der Waals surface area contributed by atoms with Gasteiger partial charge in [0.05, 0.1) is 0 Å². The molecule has 2 rings (SSSR count). The minimum atomic E-state index is -0.242. The molecule has 1 aliphatic rings. The van der Waals surface area contributed by atoms with Crippen molar-refractivity contribution in [2.75, 3.05) is 11.9 Å². The Balaban J connectivity index is 2.07. The molecule has 0 saturated heterocycles. The molecule has 1 amide bonds. The van der Waals surface area contributed by atoms with Crippen molar-refractivity contribution in [3.8, 4) is 0 Å². The van der Waals surface area contributed by atoms with Crippen molar-refractivity contribution >= 4 is 11.6 Å². The van der Waals surface area contributed by atoms with Crippen molar-refractivity contribution in [1.82, 2.24) is 0 Å². The van der Waals surface area contributed by atoms with Crippen molar-refractivity contribution in [3.05, 3.63) is 29.8 Å². The Kier molecular flexibility index (Phi) is 3.20. The molecule has 2 N–H and O–H groups in total. The minimum absolute atomic E-state index is 0.113. The first-order chi connectivity index (χ1) is 8.02. The van der Waals surface area contributed by atoms with Gasteiger partial charge in [-0.3, -0.25) is 4.79 Å². The molecule has 3 heteroatoms. The average molecular weight is 232 g/mol. The normalized spacial score (nSPS) is 17.4. The first-order valence-corrected chi connectivity index (χ1v) is 6.13. The van der Waals surface area contributed by atoms with Crippen LogP contribution in [-0.4, -0.2) is 18.5 Å². The van der Waals surface area contributed by atoms with Gasteiger partial charge in [0.2, 0.25) is 5.91 Å². The van der Waals surface area contributed by atoms with Gasteiger partial charge in [-0.1, -0.05) is 18.2 Å². The van der Waals surface area contributed by atoms with Crippen LogP contribution in [0.1, 0.15) is 31.2 Å². The lowest BCUT2D eigenvalue weighted by atomic mass is 9.75. The Morgan fingerprint density at radius 3 is 2.59 bits per heavy atom. The van der Waals surface area contributed by atoms with E-state index in [0.717, 1.165) is 30.5 Å². The van der Waals surface area contributed by atoms with Crippen LogP contribution in [0.3, 0.4) is 0 Å². The Labute approximate surface area is 103 Å². The van der Waals surface area contributed by atoms with Gasteiger partial charge >= 0.3 is 0 Å². The fraction of sp³-hybridized carbons (Fsp3) is 0.500. The molecule has 0 atom stereocenters. The van der Waals surface area contributed by atoms with Crippen LogP contribution in [0.5, 0.6) is 0 Å². The van der Waals surface area contributed by atoms with Crippen molar-refractivity contribution in [2.24, 2.45) is 5.73 Å². The zero-order valence-electron chi connectivity index (χ0n) is 10.6.